The molecule has 64 valence electrons. The maximum atomic E-state index is 11.2. The van der Waals surface area contributed by atoms with E-state index < -0.39 is 9.84 Å². The Morgan fingerprint density at radius 3 is 2.92 bits per heavy atom. The summed E-state index contributed by atoms with van der Waals surface area (Å²) in [6.45, 7) is 0. The fraction of sp³-hybridized carbons (Fsp3) is 0.286. The summed E-state index contributed by atoms with van der Waals surface area (Å²) in [7, 11) is -3.09. The molecule has 0 aromatic carbocycles. The third-order valence-electron chi connectivity index (χ3n) is 2.06. The molecule has 2 heterocycles. The Morgan fingerprint density at radius 2 is 2.25 bits per heavy atom. The number of aromatic amines is 1. The summed E-state index contributed by atoms with van der Waals surface area (Å²) < 4.78 is 22.5. The highest BCUT2D eigenvalue weighted by Crippen LogP contribution is 2.27. The predicted octanol–water partition coefficient (Wildman–Crippen LogP) is 0.157. The van der Waals surface area contributed by atoms with E-state index in [0.29, 0.717) is 28.9 Å². The van der Waals surface area contributed by atoms with E-state index in [2.05, 4.69) is 4.98 Å². The molecule has 5 heteroatoms. The van der Waals surface area contributed by atoms with Gasteiger partial charge in [0.1, 0.15) is 0 Å². The van der Waals surface area contributed by atoms with Crippen molar-refractivity contribution >= 4 is 16.1 Å². The number of fused-ring (bicyclic) bond motifs is 1. The number of sulfone groups is 1. The average molecular weight is 185 g/mol. The van der Waals surface area contributed by atoms with Gasteiger partial charge in [0.2, 0.25) is 0 Å². The van der Waals surface area contributed by atoms with Crippen LogP contribution >= 0.6 is 0 Å². The minimum atomic E-state index is -3.09. The second-order valence-electron chi connectivity index (χ2n) is 2.73. The van der Waals surface area contributed by atoms with Crippen molar-refractivity contribution in [2.24, 2.45) is 0 Å². The molecule has 1 aliphatic rings. The Hall–Kier alpha value is -1.10. The van der Waals surface area contributed by atoms with Gasteiger partial charge in [-0.3, -0.25) is 4.79 Å². The van der Waals surface area contributed by atoms with E-state index in [1.54, 1.807) is 0 Å². The summed E-state index contributed by atoms with van der Waals surface area (Å²) in [5, 5.41) is 0. The van der Waals surface area contributed by atoms with Crippen LogP contribution in [0, 0.1) is 0 Å². The molecule has 0 amide bonds. The van der Waals surface area contributed by atoms with E-state index in [-0.39, 0.29) is 5.75 Å². The number of hydrogen-bond acceptors (Lipinski definition) is 3. The summed E-state index contributed by atoms with van der Waals surface area (Å²) in [6.07, 6.45) is 2.50. The molecule has 0 radical (unpaired) electrons. The zero-order valence-electron chi connectivity index (χ0n) is 6.20. The summed E-state index contributed by atoms with van der Waals surface area (Å²) in [5.74, 6) is 0.132. The van der Waals surface area contributed by atoms with E-state index >= 15 is 0 Å². The molecule has 0 saturated carbocycles. The number of nitrogens with one attached hydrogen (secondary N) is 1. The van der Waals surface area contributed by atoms with E-state index in [4.69, 9.17) is 0 Å². The van der Waals surface area contributed by atoms with Crippen LogP contribution in [0.5, 0.6) is 0 Å². The van der Waals surface area contributed by atoms with Crippen molar-refractivity contribution in [3.8, 4) is 0 Å². The minimum Gasteiger partial charge on any atom is -0.358 e. The SMILES string of the molecule is O=Cc1[nH]cc2c1CCS2(=O)=O. The number of H-pyrrole nitrogens is 1. The fourth-order valence-electron chi connectivity index (χ4n) is 1.44. The van der Waals surface area contributed by atoms with Gasteiger partial charge < -0.3 is 4.98 Å². The lowest BCUT2D eigenvalue weighted by molar-refractivity contribution is 0.111. The quantitative estimate of drug-likeness (QED) is 0.633. The van der Waals surface area contributed by atoms with Crippen LogP contribution in [0.3, 0.4) is 0 Å². The third kappa shape index (κ3) is 0.828. The number of aldehydes is 1. The monoisotopic (exact) mass is 185 g/mol. The van der Waals surface area contributed by atoms with Crippen molar-refractivity contribution in [1.82, 2.24) is 4.98 Å². The molecule has 1 aromatic rings. The van der Waals surface area contributed by atoms with Crippen LogP contribution in [-0.2, 0) is 16.3 Å². The summed E-state index contributed by atoms with van der Waals surface area (Å²) in [4.78, 5) is 13.3. The minimum absolute atomic E-state index is 0.132. The largest absolute Gasteiger partial charge is 0.358 e. The van der Waals surface area contributed by atoms with Crippen LogP contribution in [-0.4, -0.2) is 25.4 Å². The second-order valence-corrected chi connectivity index (χ2v) is 4.81. The van der Waals surface area contributed by atoms with Crippen molar-refractivity contribution in [2.45, 2.75) is 11.3 Å². The van der Waals surface area contributed by atoms with Crippen LogP contribution in [0.4, 0.5) is 0 Å². The predicted molar refractivity (Wildman–Crippen MR) is 41.9 cm³/mol. The molecule has 1 aliphatic heterocycles. The van der Waals surface area contributed by atoms with Gasteiger partial charge >= 0.3 is 0 Å². The first-order chi connectivity index (χ1) is 5.65. The van der Waals surface area contributed by atoms with Crippen LogP contribution in [0.15, 0.2) is 11.1 Å². The van der Waals surface area contributed by atoms with Crippen molar-refractivity contribution in [1.29, 1.82) is 0 Å². The normalized spacial score (nSPS) is 19.0. The Labute approximate surface area is 69.5 Å². The van der Waals surface area contributed by atoms with Crippen LogP contribution in [0.25, 0.3) is 0 Å². The van der Waals surface area contributed by atoms with Crippen molar-refractivity contribution in [3.63, 3.8) is 0 Å². The lowest BCUT2D eigenvalue weighted by Crippen LogP contribution is -1.98. The smallest absolute Gasteiger partial charge is 0.180 e. The molecule has 0 fully saturated rings. The van der Waals surface area contributed by atoms with Gasteiger partial charge in [-0.05, 0) is 6.42 Å². The van der Waals surface area contributed by atoms with Gasteiger partial charge in [-0.1, -0.05) is 0 Å². The molecular formula is C7H7NO3S. The van der Waals surface area contributed by atoms with Gasteiger partial charge in [-0.15, -0.1) is 0 Å². The average Bonchev–Trinajstić information content (AvgIpc) is 2.53. The van der Waals surface area contributed by atoms with Crippen molar-refractivity contribution < 1.29 is 13.2 Å². The molecular weight excluding hydrogens is 178 g/mol. The van der Waals surface area contributed by atoms with E-state index in [1.807, 2.05) is 0 Å². The van der Waals surface area contributed by atoms with Gasteiger partial charge in [0, 0.05) is 11.8 Å². The number of hydrogen-bond donors (Lipinski definition) is 1. The Kier molecular flexibility index (Phi) is 1.38. The van der Waals surface area contributed by atoms with E-state index in [9.17, 15) is 13.2 Å². The molecule has 0 aliphatic carbocycles. The summed E-state index contributed by atoms with van der Waals surface area (Å²) in [5.41, 5.74) is 1.04. The molecule has 4 nitrogen and oxygen atoms in total. The molecule has 1 N–H and O–H groups in total. The lowest BCUT2D eigenvalue weighted by atomic mass is 10.2. The topological polar surface area (TPSA) is 67.0 Å². The standard InChI is InChI=1S/C7H7NO3S/c9-4-6-5-1-2-12(10,11)7(5)3-8-6/h3-4,8H,1-2H2. The van der Waals surface area contributed by atoms with Gasteiger partial charge in [-0.2, -0.15) is 0 Å². The maximum Gasteiger partial charge on any atom is 0.180 e. The molecule has 1 aromatic heterocycles. The number of carbonyl (C=O) groups is 1. The highest BCUT2D eigenvalue weighted by Gasteiger charge is 2.29. The first-order valence-corrected chi connectivity index (χ1v) is 5.18. The maximum absolute atomic E-state index is 11.2. The summed E-state index contributed by atoms with van der Waals surface area (Å²) in [6, 6.07) is 0. The number of aromatic nitrogens is 1. The highest BCUT2D eigenvalue weighted by atomic mass is 32.2. The second kappa shape index (κ2) is 2.20. The van der Waals surface area contributed by atoms with Gasteiger partial charge in [0.15, 0.2) is 16.1 Å². The van der Waals surface area contributed by atoms with Gasteiger partial charge in [-0.25, -0.2) is 8.42 Å². The van der Waals surface area contributed by atoms with Crippen molar-refractivity contribution in [2.75, 3.05) is 5.75 Å². The molecule has 0 spiro atoms. The zero-order chi connectivity index (χ0) is 8.77. The van der Waals surface area contributed by atoms with Gasteiger partial charge in [0.25, 0.3) is 0 Å². The first kappa shape index (κ1) is 7.54. The molecule has 2 rings (SSSR count). The van der Waals surface area contributed by atoms with Gasteiger partial charge in [0.05, 0.1) is 16.3 Å². The van der Waals surface area contributed by atoms with E-state index in [0.717, 1.165) is 0 Å². The molecule has 0 atom stereocenters. The Balaban J connectivity index is 2.71. The molecule has 0 bridgehead atoms. The van der Waals surface area contributed by atoms with Crippen molar-refractivity contribution in [3.05, 3.63) is 17.5 Å². The number of carbonyl (C=O) groups excluding carboxylic acids is 1. The lowest BCUT2D eigenvalue weighted by Gasteiger charge is -1.86. The van der Waals surface area contributed by atoms with Crippen LogP contribution in [0.1, 0.15) is 16.1 Å². The van der Waals surface area contributed by atoms with Crippen LogP contribution < -0.4 is 0 Å². The fourth-order valence-corrected chi connectivity index (χ4v) is 2.96. The molecule has 12 heavy (non-hydrogen) atoms. The Bertz CT molecular complexity index is 430. The first-order valence-electron chi connectivity index (χ1n) is 3.53. The number of rotatable bonds is 1. The summed E-state index contributed by atoms with van der Waals surface area (Å²) >= 11 is 0. The third-order valence-corrected chi connectivity index (χ3v) is 3.83. The van der Waals surface area contributed by atoms with Crippen LogP contribution in [0.2, 0.25) is 0 Å². The highest BCUT2D eigenvalue weighted by molar-refractivity contribution is 7.91. The molecule has 0 unspecified atom stereocenters. The van der Waals surface area contributed by atoms with E-state index in [1.165, 1.54) is 6.20 Å². The Morgan fingerprint density at radius 1 is 1.50 bits per heavy atom. The molecule has 0 saturated heterocycles. The zero-order valence-corrected chi connectivity index (χ0v) is 7.02.